The van der Waals surface area contributed by atoms with E-state index in [0.29, 0.717) is 5.56 Å². The molecule has 39 heavy (non-hydrogen) atoms. The van der Waals surface area contributed by atoms with E-state index in [1.54, 1.807) is 20.2 Å². The molecular weight excluding hydrogens is 502 g/mol. The number of primary amides is 1. The van der Waals surface area contributed by atoms with Crippen LogP contribution in [0.4, 0.5) is 5.69 Å². The van der Waals surface area contributed by atoms with Crippen LogP contribution in [0.1, 0.15) is 17.5 Å². The van der Waals surface area contributed by atoms with E-state index in [2.05, 4.69) is 0 Å². The van der Waals surface area contributed by atoms with E-state index in [-0.39, 0.29) is 29.7 Å². The van der Waals surface area contributed by atoms with Crippen molar-refractivity contribution in [1.29, 1.82) is 0 Å². The summed E-state index contributed by atoms with van der Waals surface area (Å²) >= 11 is 0. The standard InChI is InChI=1S/C29H31N3O7/c1-31(2)15-7-5-6-13(10-15)16-8-9-19(33)21-17(16)11-14-12-18-23(32(3)4)25(35)22(28(30)38)27(37)29(18,39)26(36)20(14)24(21)34/h5-10,14,18,23,33-34,37,39H,11-12H2,1-4H3,(H2,30,38)/t14?,18?,23-,29-/m0/s1. The summed E-state index contributed by atoms with van der Waals surface area (Å²) in [4.78, 5) is 42.7. The van der Waals surface area contributed by atoms with Gasteiger partial charge in [0.15, 0.2) is 11.4 Å². The van der Waals surface area contributed by atoms with Crippen LogP contribution in [0.3, 0.4) is 0 Å². The number of fused-ring (bicyclic) bond motifs is 3. The quantitative estimate of drug-likeness (QED) is 0.368. The zero-order chi connectivity index (χ0) is 28.5. The fourth-order valence-electron chi connectivity index (χ4n) is 6.47. The van der Waals surface area contributed by atoms with Crippen molar-refractivity contribution >= 4 is 28.9 Å². The number of aliphatic hydroxyl groups is 3. The number of benzene rings is 2. The third-order valence-electron chi connectivity index (χ3n) is 8.28. The monoisotopic (exact) mass is 533 g/mol. The molecule has 1 amide bonds. The first-order chi connectivity index (χ1) is 18.3. The molecule has 6 N–H and O–H groups in total. The van der Waals surface area contributed by atoms with Crippen molar-refractivity contribution in [3.8, 4) is 16.9 Å². The van der Waals surface area contributed by atoms with Gasteiger partial charge in [-0.25, -0.2) is 0 Å². The molecule has 10 heteroatoms. The SMILES string of the molecule is CN(C)c1cccc(-c2ccc(O)c3c2CC2CC4[C@H](N(C)C)C(=O)C(C(N)=O)=C(O)[C@@]4(O)C(=O)C2=C3O)c1. The molecule has 0 spiro atoms. The molecule has 4 atom stereocenters. The second-order valence-corrected chi connectivity index (χ2v) is 10.9. The minimum atomic E-state index is -2.65. The first kappa shape index (κ1) is 26.5. The fraction of sp³-hybridized carbons (Fsp3) is 0.345. The van der Waals surface area contributed by atoms with Gasteiger partial charge in [-0.3, -0.25) is 19.3 Å². The van der Waals surface area contributed by atoms with Gasteiger partial charge >= 0.3 is 0 Å². The van der Waals surface area contributed by atoms with Crippen molar-refractivity contribution in [3.63, 3.8) is 0 Å². The minimum Gasteiger partial charge on any atom is -0.508 e. The van der Waals surface area contributed by atoms with E-state index >= 15 is 0 Å². The molecule has 0 heterocycles. The van der Waals surface area contributed by atoms with Crippen LogP contribution < -0.4 is 10.6 Å². The highest BCUT2D eigenvalue weighted by Gasteiger charge is 2.64. The van der Waals surface area contributed by atoms with Gasteiger partial charge in [-0.2, -0.15) is 0 Å². The van der Waals surface area contributed by atoms with Gasteiger partial charge in [0.1, 0.15) is 22.8 Å². The maximum Gasteiger partial charge on any atom is 0.255 e. The Morgan fingerprint density at radius 3 is 2.36 bits per heavy atom. The molecule has 5 rings (SSSR count). The van der Waals surface area contributed by atoms with Gasteiger partial charge in [-0.05, 0) is 67.7 Å². The summed E-state index contributed by atoms with van der Waals surface area (Å²) in [5, 5.41) is 44.9. The number of Topliss-reactive ketones (excluding diaryl/α,β-unsaturated/α-hetero) is 2. The molecule has 2 unspecified atom stereocenters. The smallest absolute Gasteiger partial charge is 0.255 e. The predicted molar refractivity (Wildman–Crippen MR) is 144 cm³/mol. The van der Waals surface area contributed by atoms with Gasteiger partial charge in [0, 0.05) is 31.3 Å². The zero-order valence-corrected chi connectivity index (χ0v) is 22.1. The van der Waals surface area contributed by atoms with Gasteiger partial charge in [0.05, 0.1) is 11.6 Å². The van der Waals surface area contributed by atoms with Crippen molar-refractivity contribution in [1.82, 2.24) is 4.90 Å². The van der Waals surface area contributed by atoms with Crippen LogP contribution in [-0.4, -0.2) is 82.6 Å². The summed E-state index contributed by atoms with van der Waals surface area (Å²) in [6.07, 6.45) is 0.267. The van der Waals surface area contributed by atoms with Crippen molar-refractivity contribution in [3.05, 3.63) is 64.4 Å². The molecule has 3 aliphatic carbocycles. The summed E-state index contributed by atoms with van der Waals surface area (Å²) in [6.45, 7) is 0. The van der Waals surface area contributed by atoms with E-state index < -0.39 is 58.0 Å². The molecular formula is C29H31N3O7. The first-order valence-corrected chi connectivity index (χ1v) is 12.6. The maximum absolute atomic E-state index is 13.9. The number of anilines is 1. The zero-order valence-electron chi connectivity index (χ0n) is 22.1. The number of aromatic hydroxyl groups is 1. The van der Waals surface area contributed by atoms with Gasteiger partial charge < -0.3 is 31.1 Å². The molecule has 10 nitrogen and oxygen atoms in total. The van der Waals surface area contributed by atoms with Crippen molar-refractivity contribution in [2.45, 2.75) is 24.5 Å². The summed E-state index contributed by atoms with van der Waals surface area (Å²) < 4.78 is 0. The molecule has 204 valence electrons. The number of nitrogens with two attached hydrogens (primary N) is 1. The molecule has 0 saturated heterocycles. The fourth-order valence-corrected chi connectivity index (χ4v) is 6.47. The Hall–Kier alpha value is -4.15. The normalized spacial score (nSPS) is 26.4. The van der Waals surface area contributed by atoms with Crippen molar-refractivity contribution < 1.29 is 34.8 Å². The Kier molecular flexibility index (Phi) is 6.08. The number of ketones is 2. The molecule has 0 bridgehead atoms. The molecule has 3 aliphatic rings. The lowest BCUT2D eigenvalue weighted by molar-refractivity contribution is -0.153. The molecule has 2 aromatic rings. The second-order valence-electron chi connectivity index (χ2n) is 10.9. The molecule has 1 saturated carbocycles. The van der Waals surface area contributed by atoms with Crippen LogP contribution in [0.25, 0.3) is 16.9 Å². The Bertz CT molecular complexity index is 1510. The average Bonchev–Trinajstić information content (AvgIpc) is 2.86. The highest BCUT2D eigenvalue weighted by Crippen LogP contribution is 2.53. The molecule has 1 fully saturated rings. The number of carbonyl (C=O) groups excluding carboxylic acids is 3. The van der Waals surface area contributed by atoms with E-state index in [1.165, 1.54) is 11.0 Å². The Morgan fingerprint density at radius 1 is 1.05 bits per heavy atom. The number of hydrogen-bond acceptors (Lipinski definition) is 9. The van der Waals surface area contributed by atoms with E-state index in [0.717, 1.165) is 16.8 Å². The number of nitrogens with zero attached hydrogens (tertiary/aromatic N) is 2. The number of phenols is 1. The molecule has 0 aromatic heterocycles. The third kappa shape index (κ3) is 3.66. The molecule has 0 radical (unpaired) electrons. The van der Waals surface area contributed by atoms with Crippen LogP contribution >= 0.6 is 0 Å². The number of amides is 1. The highest BCUT2D eigenvalue weighted by molar-refractivity contribution is 6.24. The van der Waals surface area contributed by atoms with Crippen LogP contribution in [-0.2, 0) is 20.8 Å². The van der Waals surface area contributed by atoms with Gasteiger partial charge in [-0.1, -0.05) is 18.2 Å². The molecule has 2 aromatic carbocycles. The molecule has 0 aliphatic heterocycles. The van der Waals surface area contributed by atoms with Crippen LogP contribution in [0.15, 0.2) is 53.3 Å². The van der Waals surface area contributed by atoms with Gasteiger partial charge in [0.2, 0.25) is 5.78 Å². The number of rotatable bonds is 4. The number of phenolic OH excluding ortho intramolecular Hbond substituents is 1. The Morgan fingerprint density at radius 2 is 1.74 bits per heavy atom. The lowest BCUT2D eigenvalue weighted by Crippen LogP contribution is -2.65. The van der Waals surface area contributed by atoms with Crippen LogP contribution in [0, 0.1) is 11.8 Å². The average molecular weight is 534 g/mol. The summed E-state index contributed by atoms with van der Waals surface area (Å²) in [5.74, 6) is -6.67. The Balaban J connectivity index is 1.73. The van der Waals surface area contributed by atoms with Crippen LogP contribution in [0.2, 0.25) is 0 Å². The predicted octanol–water partition coefficient (Wildman–Crippen LogP) is 1.70. The highest BCUT2D eigenvalue weighted by atomic mass is 16.3. The third-order valence-corrected chi connectivity index (χ3v) is 8.28. The number of carbonyl (C=O) groups is 3. The van der Waals surface area contributed by atoms with Crippen molar-refractivity contribution in [2.75, 3.05) is 33.1 Å². The lowest BCUT2D eigenvalue weighted by Gasteiger charge is -2.50. The van der Waals surface area contributed by atoms with E-state index in [4.69, 9.17) is 5.73 Å². The number of hydrogen-bond donors (Lipinski definition) is 5. The topological polar surface area (TPSA) is 165 Å². The second kappa shape index (κ2) is 8.96. The van der Waals surface area contributed by atoms with Crippen molar-refractivity contribution in [2.24, 2.45) is 17.6 Å². The minimum absolute atomic E-state index is 0.0403. The van der Waals surface area contributed by atoms with Gasteiger partial charge in [0.25, 0.3) is 5.91 Å². The summed E-state index contributed by atoms with van der Waals surface area (Å²) in [5.41, 5.74) is 4.95. The summed E-state index contributed by atoms with van der Waals surface area (Å²) in [6, 6.07) is 9.81. The number of aliphatic hydroxyl groups excluding tert-OH is 2. The van der Waals surface area contributed by atoms with Crippen LogP contribution in [0.5, 0.6) is 5.75 Å². The Labute approximate surface area is 225 Å². The number of likely N-dealkylation sites (N-methyl/N-ethyl adjacent to an activating group) is 1. The first-order valence-electron chi connectivity index (χ1n) is 12.6. The maximum atomic E-state index is 13.9. The lowest BCUT2D eigenvalue weighted by atomic mass is 9.57. The summed E-state index contributed by atoms with van der Waals surface area (Å²) in [7, 11) is 6.98. The van der Waals surface area contributed by atoms with Gasteiger partial charge in [-0.15, -0.1) is 0 Å². The van der Waals surface area contributed by atoms with E-state index in [9.17, 15) is 34.8 Å². The van der Waals surface area contributed by atoms with E-state index in [1.807, 2.05) is 43.3 Å². The largest absolute Gasteiger partial charge is 0.508 e.